The highest BCUT2D eigenvalue weighted by molar-refractivity contribution is 6.04. The Hall–Kier alpha value is -4.79. The zero-order valence-electron chi connectivity index (χ0n) is 23.7. The number of nitrogen functional groups attached to an aromatic ring is 1. The van der Waals surface area contributed by atoms with Gasteiger partial charge in [0, 0.05) is 42.1 Å². The number of hydrogen-bond acceptors (Lipinski definition) is 7. The number of hydrogen-bond donors (Lipinski definition) is 2. The molecule has 0 saturated heterocycles. The second kappa shape index (κ2) is 11.5. The van der Waals surface area contributed by atoms with E-state index in [-0.39, 0.29) is 34.8 Å². The van der Waals surface area contributed by atoms with Crippen LogP contribution in [0.5, 0.6) is 0 Å². The number of aromatic nitrogens is 4. The average Bonchev–Trinajstić information content (AvgIpc) is 3.38. The summed E-state index contributed by atoms with van der Waals surface area (Å²) in [5, 5.41) is 11.8. The van der Waals surface area contributed by atoms with Gasteiger partial charge in [-0.25, -0.2) is 15.0 Å². The van der Waals surface area contributed by atoms with E-state index in [9.17, 15) is 28.0 Å². The Kier molecular flexibility index (Phi) is 7.92. The second-order valence-electron chi connectivity index (χ2n) is 11.4. The van der Waals surface area contributed by atoms with E-state index in [0.717, 1.165) is 49.8 Å². The summed E-state index contributed by atoms with van der Waals surface area (Å²) in [7, 11) is 0. The number of rotatable bonds is 7. The molecule has 0 radical (unpaired) electrons. The summed E-state index contributed by atoms with van der Waals surface area (Å²) < 4.78 is 41.0. The third-order valence-electron chi connectivity index (χ3n) is 7.96. The van der Waals surface area contributed by atoms with Crippen LogP contribution in [0.2, 0.25) is 0 Å². The van der Waals surface area contributed by atoms with Crippen LogP contribution in [0, 0.1) is 22.7 Å². The van der Waals surface area contributed by atoms with Crippen molar-refractivity contribution in [2.24, 2.45) is 11.3 Å². The maximum Gasteiger partial charge on any atom is 0.416 e. The van der Waals surface area contributed by atoms with Crippen LogP contribution in [0.1, 0.15) is 73.6 Å². The number of carbonyl (C=O) groups is 2. The standard InChI is InChI=1S/C31H30F3N7O2/c1-30(2,17-35)23(42)15-18-4-3-5-21(14-18)28-40-25(26-27(36)38-12-13-41(26)28)19-6-8-20(9-7-19)29(43)39-24-16-22(10-11-37-24)31(32,33)34/h6-13,16,18,21H,3-5,14-15H2,1-2H3,(H2,36,38)(H,37,39,43)/t18-,21-/m1/s1. The predicted molar refractivity (Wildman–Crippen MR) is 154 cm³/mol. The maximum absolute atomic E-state index is 13.0. The van der Waals surface area contributed by atoms with Crippen LogP contribution < -0.4 is 11.1 Å². The lowest BCUT2D eigenvalue weighted by molar-refractivity contribution is -0.137. The lowest BCUT2D eigenvalue weighted by Crippen LogP contribution is -2.27. The second-order valence-corrected chi connectivity index (χ2v) is 11.4. The van der Waals surface area contributed by atoms with Crippen molar-refractivity contribution in [3.63, 3.8) is 0 Å². The van der Waals surface area contributed by atoms with Gasteiger partial charge in [0.1, 0.15) is 34.1 Å². The number of amides is 1. The molecule has 1 fully saturated rings. The van der Waals surface area contributed by atoms with E-state index in [1.165, 1.54) is 0 Å². The lowest BCUT2D eigenvalue weighted by atomic mass is 9.75. The lowest BCUT2D eigenvalue weighted by Gasteiger charge is -2.29. The molecule has 5 rings (SSSR count). The molecule has 0 unspecified atom stereocenters. The van der Waals surface area contributed by atoms with Gasteiger partial charge in [-0.3, -0.25) is 14.0 Å². The van der Waals surface area contributed by atoms with Crippen molar-refractivity contribution in [3.05, 3.63) is 71.9 Å². The molecule has 3 heterocycles. The van der Waals surface area contributed by atoms with Crippen molar-refractivity contribution >= 4 is 28.8 Å². The van der Waals surface area contributed by atoms with Crippen molar-refractivity contribution in [1.29, 1.82) is 5.26 Å². The Morgan fingerprint density at radius 2 is 1.86 bits per heavy atom. The zero-order chi connectivity index (χ0) is 30.9. The fourth-order valence-corrected chi connectivity index (χ4v) is 5.51. The smallest absolute Gasteiger partial charge is 0.382 e. The SMILES string of the molecule is CC(C)(C#N)C(=O)C[C@@H]1CCC[C@@H](c2nc(-c3ccc(C(=O)Nc4cc(C(F)(F)F)ccn4)cc3)c3c(N)nccn23)C1. The minimum atomic E-state index is -4.56. The Bertz CT molecular complexity index is 1720. The highest BCUT2D eigenvalue weighted by Crippen LogP contribution is 2.41. The van der Waals surface area contributed by atoms with Gasteiger partial charge >= 0.3 is 6.18 Å². The molecule has 0 spiro atoms. The molecule has 1 aliphatic carbocycles. The first-order valence-electron chi connectivity index (χ1n) is 13.9. The van der Waals surface area contributed by atoms with Gasteiger partial charge in [-0.15, -0.1) is 0 Å². The zero-order valence-corrected chi connectivity index (χ0v) is 23.7. The molecule has 1 aromatic carbocycles. The molecule has 1 amide bonds. The number of imidazole rings is 1. The fraction of sp³-hybridized carbons (Fsp3) is 0.355. The van der Waals surface area contributed by atoms with Crippen LogP contribution >= 0.6 is 0 Å². The highest BCUT2D eigenvalue weighted by atomic mass is 19.4. The minimum Gasteiger partial charge on any atom is -0.382 e. The van der Waals surface area contributed by atoms with Gasteiger partial charge in [0.25, 0.3) is 5.91 Å². The number of alkyl halides is 3. The molecule has 3 N–H and O–H groups in total. The summed E-state index contributed by atoms with van der Waals surface area (Å²) in [5.74, 6) is 0.396. The average molecular weight is 590 g/mol. The summed E-state index contributed by atoms with van der Waals surface area (Å²) in [6.07, 6.45) is 3.63. The van der Waals surface area contributed by atoms with Crippen LogP contribution in [0.15, 0.2) is 55.0 Å². The molecule has 0 aliphatic heterocycles. The van der Waals surface area contributed by atoms with E-state index in [4.69, 9.17) is 10.7 Å². The van der Waals surface area contributed by atoms with Crippen molar-refractivity contribution in [2.45, 2.75) is 58.0 Å². The summed E-state index contributed by atoms with van der Waals surface area (Å²) in [4.78, 5) is 38.6. The highest BCUT2D eigenvalue weighted by Gasteiger charge is 2.34. The van der Waals surface area contributed by atoms with E-state index in [1.54, 1.807) is 50.5 Å². The molecule has 9 nitrogen and oxygen atoms in total. The van der Waals surface area contributed by atoms with Gasteiger partial charge in [-0.1, -0.05) is 18.6 Å². The van der Waals surface area contributed by atoms with Gasteiger partial charge in [0.15, 0.2) is 5.78 Å². The van der Waals surface area contributed by atoms with Crippen molar-refractivity contribution in [2.75, 3.05) is 11.1 Å². The molecule has 1 aliphatic rings. The number of Topliss-reactive ketones (excluding diaryl/α,β-unsaturated/α-hetero) is 1. The first-order chi connectivity index (χ1) is 20.4. The van der Waals surface area contributed by atoms with Crippen LogP contribution in [-0.4, -0.2) is 31.0 Å². The van der Waals surface area contributed by atoms with Crippen molar-refractivity contribution in [3.8, 4) is 17.3 Å². The van der Waals surface area contributed by atoms with Gasteiger partial charge in [0.05, 0.1) is 11.6 Å². The topological polar surface area (TPSA) is 139 Å². The number of ketones is 1. The summed E-state index contributed by atoms with van der Waals surface area (Å²) in [5.41, 5.74) is 6.46. The first-order valence-corrected chi connectivity index (χ1v) is 13.9. The molecule has 222 valence electrons. The van der Waals surface area contributed by atoms with Crippen LogP contribution in [-0.2, 0) is 11.0 Å². The van der Waals surface area contributed by atoms with E-state index < -0.39 is 23.1 Å². The largest absolute Gasteiger partial charge is 0.416 e. The summed E-state index contributed by atoms with van der Waals surface area (Å²) in [6.45, 7) is 3.30. The Labute approximate surface area is 246 Å². The van der Waals surface area contributed by atoms with E-state index in [0.29, 0.717) is 23.2 Å². The van der Waals surface area contributed by atoms with Gasteiger partial charge in [-0.05, 0) is 63.3 Å². The van der Waals surface area contributed by atoms with Crippen molar-refractivity contribution < 1.29 is 22.8 Å². The number of nitrogens with two attached hydrogens (primary N) is 1. The maximum atomic E-state index is 13.0. The van der Waals surface area contributed by atoms with Crippen molar-refractivity contribution in [1.82, 2.24) is 19.4 Å². The number of fused-ring (bicyclic) bond motifs is 1. The number of pyridine rings is 1. The normalized spacial score (nSPS) is 17.4. The van der Waals surface area contributed by atoms with Gasteiger partial charge in [0.2, 0.25) is 0 Å². The summed E-state index contributed by atoms with van der Waals surface area (Å²) >= 11 is 0. The van der Waals surface area contributed by atoms with Gasteiger partial charge in [-0.2, -0.15) is 18.4 Å². The quantitative estimate of drug-likeness (QED) is 0.253. The van der Waals surface area contributed by atoms with Crippen LogP contribution in [0.4, 0.5) is 24.8 Å². The fourth-order valence-electron chi connectivity index (χ4n) is 5.51. The Morgan fingerprint density at radius 3 is 2.56 bits per heavy atom. The molecule has 0 bridgehead atoms. The number of nitrogens with one attached hydrogen (secondary N) is 1. The number of nitriles is 1. The monoisotopic (exact) mass is 589 g/mol. The Balaban J connectivity index is 1.39. The number of anilines is 2. The molecular weight excluding hydrogens is 559 g/mol. The Morgan fingerprint density at radius 1 is 1.12 bits per heavy atom. The molecule has 2 atom stereocenters. The van der Waals surface area contributed by atoms with E-state index in [2.05, 4.69) is 21.4 Å². The minimum absolute atomic E-state index is 0.0595. The third-order valence-corrected chi connectivity index (χ3v) is 7.96. The molecule has 3 aromatic heterocycles. The molecule has 12 heteroatoms. The molecule has 43 heavy (non-hydrogen) atoms. The summed E-state index contributed by atoms with van der Waals surface area (Å²) in [6, 6.07) is 10.2. The third kappa shape index (κ3) is 6.21. The van der Waals surface area contributed by atoms with E-state index in [1.807, 2.05) is 4.40 Å². The molecule has 4 aromatic rings. The number of nitrogens with zero attached hydrogens (tertiary/aromatic N) is 5. The van der Waals surface area contributed by atoms with Crippen LogP contribution in [0.25, 0.3) is 16.8 Å². The van der Waals surface area contributed by atoms with Crippen LogP contribution in [0.3, 0.4) is 0 Å². The molecule has 1 saturated carbocycles. The number of carbonyl (C=O) groups excluding carboxylic acids is 2. The number of halogens is 3. The number of benzene rings is 1. The van der Waals surface area contributed by atoms with Gasteiger partial charge < -0.3 is 11.1 Å². The predicted octanol–water partition coefficient (Wildman–Crippen LogP) is 6.43. The first kappa shape index (κ1) is 29.7. The van der Waals surface area contributed by atoms with E-state index >= 15 is 0 Å². The molecular formula is C31H30F3N7O2.